The molecule has 3 rings (SSSR count). The van der Waals surface area contributed by atoms with Crippen LogP contribution in [0.25, 0.3) is 22.5 Å². The summed E-state index contributed by atoms with van der Waals surface area (Å²) in [6.07, 6.45) is 3.56. The van der Waals surface area contributed by atoms with Gasteiger partial charge in [-0.1, -0.05) is 42.5 Å². The summed E-state index contributed by atoms with van der Waals surface area (Å²) in [6.45, 7) is 1.05. The van der Waals surface area contributed by atoms with Gasteiger partial charge in [0, 0.05) is 19.5 Å². The van der Waals surface area contributed by atoms with Crippen molar-refractivity contribution in [3.05, 3.63) is 60.9 Å². The summed E-state index contributed by atoms with van der Waals surface area (Å²) >= 11 is 0. The predicted octanol–water partition coefficient (Wildman–Crippen LogP) is 3.77. The molecular weight excluding hydrogens is 276 g/mol. The third-order valence-corrected chi connectivity index (χ3v) is 3.39. The maximum atomic E-state index is 5.88. The van der Waals surface area contributed by atoms with E-state index in [1.807, 2.05) is 36.5 Å². The van der Waals surface area contributed by atoms with Crippen molar-refractivity contribution in [3.8, 4) is 28.3 Å². The number of H-pyrrole nitrogens is 1. The molecule has 0 spiro atoms. The molecule has 3 aromatic rings. The van der Waals surface area contributed by atoms with Gasteiger partial charge in [-0.25, -0.2) is 4.98 Å². The Morgan fingerprint density at radius 1 is 1.00 bits per heavy atom. The fourth-order valence-electron chi connectivity index (χ4n) is 2.39. The van der Waals surface area contributed by atoms with Crippen molar-refractivity contribution in [2.45, 2.75) is 0 Å². The highest BCUT2D eigenvalue weighted by Crippen LogP contribution is 2.37. The van der Waals surface area contributed by atoms with E-state index in [0.717, 1.165) is 28.3 Å². The number of benzene rings is 2. The lowest BCUT2D eigenvalue weighted by molar-refractivity contribution is 0.146. The molecule has 1 aromatic heterocycles. The van der Waals surface area contributed by atoms with Crippen molar-refractivity contribution >= 4 is 0 Å². The maximum Gasteiger partial charge on any atom is 0.141 e. The molecule has 4 heteroatoms. The summed E-state index contributed by atoms with van der Waals surface area (Å²) in [5.41, 5.74) is 3.19. The topological polar surface area (TPSA) is 47.1 Å². The highest BCUT2D eigenvalue weighted by molar-refractivity contribution is 5.84. The summed E-state index contributed by atoms with van der Waals surface area (Å²) in [5, 5.41) is 0. The number of imidazole rings is 1. The molecule has 0 bridgehead atoms. The smallest absolute Gasteiger partial charge is 0.141 e. The van der Waals surface area contributed by atoms with Gasteiger partial charge in [-0.15, -0.1) is 0 Å². The average Bonchev–Trinajstić information content (AvgIpc) is 3.10. The number of hydrogen-bond donors (Lipinski definition) is 1. The van der Waals surface area contributed by atoms with E-state index in [0.29, 0.717) is 13.2 Å². The largest absolute Gasteiger partial charge is 0.490 e. The highest BCUT2D eigenvalue weighted by Gasteiger charge is 2.15. The lowest BCUT2D eigenvalue weighted by Crippen LogP contribution is -2.05. The Kier molecular flexibility index (Phi) is 4.51. The van der Waals surface area contributed by atoms with Crippen molar-refractivity contribution in [1.29, 1.82) is 0 Å². The molecule has 0 amide bonds. The number of aromatic amines is 1. The Morgan fingerprint density at radius 3 is 2.59 bits per heavy atom. The third-order valence-electron chi connectivity index (χ3n) is 3.39. The second-order valence-corrected chi connectivity index (χ2v) is 4.82. The highest BCUT2D eigenvalue weighted by atomic mass is 16.5. The second kappa shape index (κ2) is 6.91. The molecule has 1 N–H and O–H groups in total. The molecule has 0 atom stereocenters. The van der Waals surface area contributed by atoms with E-state index >= 15 is 0 Å². The summed E-state index contributed by atoms with van der Waals surface area (Å²) < 4.78 is 10.9. The lowest BCUT2D eigenvalue weighted by atomic mass is 9.98. The lowest BCUT2D eigenvalue weighted by Gasteiger charge is -2.14. The minimum atomic E-state index is 0.502. The molecule has 0 saturated carbocycles. The monoisotopic (exact) mass is 294 g/mol. The molecule has 2 aromatic carbocycles. The van der Waals surface area contributed by atoms with E-state index in [4.69, 9.17) is 9.47 Å². The van der Waals surface area contributed by atoms with Crippen LogP contribution in [0.3, 0.4) is 0 Å². The van der Waals surface area contributed by atoms with Crippen LogP contribution in [0.5, 0.6) is 5.75 Å². The van der Waals surface area contributed by atoms with Crippen LogP contribution in [0.2, 0.25) is 0 Å². The van der Waals surface area contributed by atoms with E-state index in [1.165, 1.54) is 0 Å². The van der Waals surface area contributed by atoms with Crippen LogP contribution in [0, 0.1) is 0 Å². The molecule has 0 radical (unpaired) electrons. The first-order valence-electron chi connectivity index (χ1n) is 7.20. The molecule has 0 unspecified atom stereocenters. The number of nitrogens with one attached hydrogen (secondary N) is 1. The predicted molar refractivity (Wildman–Crippen MR) is 86.8 cm³/mol. The van der Waals surface area contributed by atoms with E-state index in [1.54, 1.807) is 13.3 Å². The average molecular weight is 294 g/mol. The summed E-state index contributed by atoms with van der Waals surface area (Å²) in [5.74, 6) is 1.60. The molecule has 0 saturated heterocycles. The van der Waals surface area contributed by atoms with Crippen LogP contribution >= 0.6 is 0 Å². The SMILES string of the molecule is COCCOc1cccc(-c2ccccc2)c1-c1ncc[nH]1. The summed E-state index contributed by atoms with van der Waals surface area (Å²) in [6, 6.07) is 16.3. The van der Waals surface area contributed by atoms with Gasteiger partial charge >= 0.3 is 0 Å². The Morgan fingerprint density at radius 2 is 1.86 bits per heavy atom. The molecule has 0 aliphatic rings. The van der Waals surface area contributed by atoms with Crippen molar-refractivity contribution in [2.75, 3.05) is 20.3 Å². The molecule has 0 aliphatic carbocycles. The molecular formula is C18H18N2O2. The molecule has 0 aliphatic heterocycles. The maximum absolute atomic E-state index is 5.88. The number of hydrogen-bond acceptors (Lipinski definition) is 3. The van der Waals surface area contributed by atoms with Gasteiger partial charge < -0.3 is 14.5 Å². The minimum Gasteiger partial charge on any atom is -0.490 e. The number of nitrogens with zero attached hydrogens (tertiary/aromatic N) is 1. The van der Waals surface area contributed by atoms with Gasteiger partial charge in [-0.2, -0.15) is 0 Å². The third kappa shape index (κ3) is 3.02. The normalized spacial score (nSPS) is 10.6. The number of ether oxygens (including phenoxy) is 2. The minimum absolute atomic E-state index is 0.502. The molecule has 0 fully saturated rings. The first kappa shape index (κ1) is 14.4. The number of aromatic nitrogens is 2. The van der Waals surface area contributed by atoms with E-state index < -0.39 is 0 Å². The van der Waals surface area contributed by atoms with Crippen molar-refractivity contribution in [2.24, 2.45) is 0 Å². The van der Waals surface area contributed by atoms with Gasteiger partial charge in [-0.05, 0) is 17.2 Å². The first-order chi connectivity index (χ1) is 10.9. The molecule has 112 valence electrons. The van der Waals surface area contributed by atoms with E-state index in [2.05, 4.69) is 28.2 Å². The summed E-state index contributed by atoms with van der Waals surface area (Å²) in [7, 11) is 1.66. The Hall–Kier alpha value is -2.59. The van der Waals surface area contributed by atoms with Gasteiger partial charge in [-0.3, -0.25) is 0 Å². The Bertz CT molecular complexity index is 709. The van der Waals surface area contributed by atoms with Crippen LogP contribution in [-0.2, 0) is 4.74 Å². The molecule has 1 heterocycles. The van der Waals surface area contributed by atoms with Crippen LogP contribution in [0.4, 0.5) is 0 Å². The fraction of sp³-hybridized carbons (Fsp3) is 0.167. The van der Waals surface area contributed by atoms with Gasteiger partial charge in [0.15, 0.2) is 0 Å². The zero-order valence-corrected chi connectivity index (χ0v) is 12.5. The molecule has 22 heavy (non-hydrogen) atoms. The van der Waals surface area contributed by atoms with Crippen molar-refractivity contribution in [1.82, 2.24) is 9.97 Å². The van der Waals surface area contributed by atoms with Crippen LogP contribution < -0.4 is 4.74 Å². The Labute approximate surface area is 129 Å². The number of methoxy groups -OCH3 is 1. The van der Waals surface area contributed by atoms with Gasteiger partial charge in [0.05, 0.1) is 12.2 Å². The zero-order valence-electron chi connectivity index (χ0n) is 12.5. The zero-order chi connectivity index (χ0) is 15.2. The van der Waals surface area contributed by atoms with E-state index in [9.17, 15) is 0 Å². The van der Waals surface area contributed by atoms with Crippen LogP contribution in [-0.4, -0.2) is 30.3 Å². The standard InChI is InChI=1S/C18H18N2O2/c1-21-12-13-22-16-9-5-8-15(14-6-3-2-4-7-14)17(16)18-19-10-11-20-18/h2-11H,12-13H2,1H3,(H,19,20). The van der Waals surface area contributed by atoms with Crippen molar-refractivity contribution in [3.63, 3.8) is 0 Å². The second-order valence-electron chi connectivity index (χ2n) is 4.82. The fourth-order valence-corrected chi connectivity index (χ4v) is 2.39. The quantitative estimate of drug-likeness (QED) is 0.704. The van der Waals surface area contributed by atoms with E-state index in [-0.39, 0.29) is 0 Å². The van der Waals surface area contributed by atoms with Crippen LogP contribution in [0.15, 0.2) is 60.9 Å². The van der Waals surface area contributed by atoms with Crippen LogP contribution in [0.1, 0.15) is 0 Å². The summed E-state index contributed by atoms with van der Waals surface area (Å²) in [4.78, 5) is 7.57. The Balaban J connectivity index is 2.08. The van der Waals surface area contributed by atoms with Gasteiger partial charge in [0.1, 0.15) is 18.2 Å². The van der Waals surface area contributed by atoms with Gasteiger partial charge in [0.2, 0.25) is 0 Å². The molecule has 4 nitrogen and oxygen atoms in total. The number of rotatable bonds is 6. The first-order valence-corrected chi connectivity index (χ1v) is 7.20. The van der Waals surface area contributed by atoms with Crippen molar-refractivity contribution < 1.29 is 9.47 Å². The van der Waals surface area contributed by atoms with Gasteiger partial charge in [0.25, 0.3) is 0 Å².